The van der Waals surface area contributed by atoms with Crippen LogP contribution in [-0.2, 0) is 4.79 Å². The van der Waals surface area contributed by atoms with Gasteiger partial charge in [0, 0.05) is 13.1 Å². The fourth-order valence-corrected chi connectivity index (χ4v) is 2.17. The van der Waals surface area contributed by atoms with Crippen LogP contribution in [0.4, 0.5) is 0 Å². The Kier molecular flexibility index (Phi) is 4.36. The Morgan fingerprint density at radius 2 is 2.12 bits per heavy atom. The van der Waals surface area contributed by atoms with Crippen molar-refractivity contribution in [3.8, 4) is 0 Å². The zero-order chi connectivity index (χ0) is 12.3. The monoisotopic (exact) mass is 226 g/mol. The highest BCUT2D eigenvalue weighted by molar-refractivity contribution is 5.82. The molecule has 0 aromatic heterocycles. The van der Waals surface area contributed by atoms with E-state index < -0.39 is 0 Å². The molecule has 1 fully saturated rings. The molecule has 94 valence electrons. The normalized spacial score (nSPS) is 24.3. The van der Waals surface area contributed by atoms with E-state index in [0.29, 0.717) is 5.92 Å². The molecule has 3 heteroatoms. The summed E-state index contributed by atoms with van der Waals surface area (Å²) in [5.74, 6) is 0.801. The van der Waals surface area contributed by atoms with Gasteiger partial charge in [0.15, 0.2) is 0 Å². The fourth-order valence-electron chi connectivity index (χ4n) is 2.17. The summed E-state index contributed by atoms with van der Waals surface area (Å²) in [5, 5.41) is 0. The van der Waals surface area contributed by atoms with E-state index in [4.69, 9.17) is 5.73 Å². The smallest absolute Gasteiger partial charge is 0.240 e. The molecule has 0 aliphatic carbocycles. The van der Waals surface area contributed by atoms with Crippen LogP contribution in [0, 0.1) is 11.3 Å². The number of hydrogen-bond donors (Lipinski definition) is 1. The zero-order valence-corrected chi connectivity index (χ0v) is 11.1. The first kappa shape index (κ1) is 13.5. The van der Waals surface area contributed by atoms with E-state index in [1.807, 2.05) is 25.7 Å². The molecule has 0 aromatic rings. The molecule has 2 atom stereocenters. The number of nitrogens with zero attached hydrogens (tertiary/aromatic N) is 1. The number of piperidine rings is 1. The molecule has 1 aliphatic heterocycles. The lowest BCUT2D eigenvalue weighted by molar-refractivity contribution is -0.136. The molecule has 2 N–H and O–H groups in total. The van der Waals surface area contributed by atoms with E-state index >= 15 is 0 Å². The second-order valence-electron chi connectivity index (χ2n) is 6.04. The minimum atomic E-state index is -0.372. The van der Waals surface area contributed by atoms with Crippen molar-refractivity contribution < 1.29 is 4.79 Å². The summed E-state index contributed by atoms with van der Waals surface area (Å²) < 4.78 is 0. The lowest BCUT2D eigenvalue weighted by Crippen LogP contribution is -2.52. The quantitative estimate of drug-likeness (QED) is 0.783. The Morgan fingerprint density at radius 3 is 2.62 bits per heavy atom. The topological polar surface area (TPSA) is 46.3 Å². The second kappa shape index (κ2) is 5.17. The van der Waals surface area contributed by atoms with E-state index in [0.717, 1.165) is 25.9 Å². The Balaban J connectivity index is 2.60. The molecule has 1 aliphatic rings. The number of carbonyl (C=O) groups excluding carboxylic acids is 1. The van der Waals surface area contributed by atoms with Crippen molar-refractivity contribution in [1.29, 1.82) is 0 Å². The largest absolute Gasteiger partial charge is 0.341 e. The van der Waals surface area contributed by atoms with Gasteiger partial charge in [0.1, 0.15) is 0 Å². The van der Waals surface area contributed by atoms with Crippen LogP contribution in [0.3, 0.4) is 0 Å². The van der Waals surface area contributed by atoms with E-state index in [-0.39, 0.29) is 17.4 Å². The molecule has 2 unspecified atom stereocenters. The summed E-state index contributed by atoms with van der Waals surface area (Å²) in [5.41, 5.74) is 5.88. The summed E-state index contributed by atoms with van der Waals surface area (Å²) in [6.07, 6.45) is 3.54. The minimum absolute atomic E-state index is 0.130. The van der Waals surface area contributed by atoms with Crippen LogP contribution in [0.25, 0.3) is 0 Å². The summed E-state index contributed by atoms with van der Waals surface area (Å²) >= 11 is 0. The first-order chi connectivity index (χ1) is 7.36. The van der Waals surface area contributed by atoms with Crippen molar-refractivity contribution in [3.63, 3.8) is 0 Å². The first-order valence-corrected chi connectivity index (χ1v) is 6.40. The number of rotatable bonds is 2. The van der Waals surface area contributed by atoms with Gasteiger partial charge in [0.25, 0.3) is 0 Å². The van der Waals surface area contributed by atoms with Gasteiger partial charge in [0.2, 0.25) is 5.91 Å². The molecule has 0 bridgehead atoms. The van der Waals surface area contributed by atoms with E-state index in [9.17, 15) is 4.79 Å². The van der Waals surface area contributed by atoms with Crippen molar-refractivity contribution in [3.05, 3.63) is 0 Å². The molecule has 3 nitrogen and oxygen atoms in total. The van der Waals surface area contributed by atoms with Crippen molar-refractivity contribution in [2.45, 2.75) is 53.0 Å². The van der Waals surface area contributed by atoms with Crippen molar-refractivity contribution >= 4 is 5.91 Å². The van der Waals surface area contributed by atoms with Crippen LogP contribution in [0.15, 0.2) is 0 Å². The summed E-state index contributed by atoms with van der Waals surface area (Å²) in [4.78, 5) is 14.2. The Bertz CT molecular complexity index is 245. The van der Waals surface area contributed by atoms with Crippen molar-refractivity contribution in [1.82, 2.24) is 4.90 Å². The highest BCUT2D eigenvalue weighted by atomic mass is 16.2. The number of nitrogens with two attached hydrogens (primary N) is 1. The SMILES string of the molecule is CCC1CCCN(C(=O)C(N)C(C)(C)C)C1. The molecular formula is C13H26N2O. The number of carbonyl (C=O) groups is 1. The molecule has 1 heterocycles. The Hall–Kier alpha value is -0.570. The van der Waals surface area contributed by atoms with Crippen molar-refractivity contribution in [2.75, 3.05) is 13.1 Å². The lowest BCUT2D eigenvalue weighted by Gasteiger charge is -2.37. The van der Waals surface area contributed by atoms with Gasteiger partial charge >= 0.3 is 0 Å². The second-order valence-corrected chi connectivity index (χ2v) is 6.04. The lowest BCUT2D eigenvalue weighted by atomic mass is 9.85. The van der Waals surface area contributed by atoms with Crippen LogP contribution in [0.2, 0.25) is 0 Å². The molecule has 0 spiro atoms. The molecule has 1 saturated heterocycles. The highest BCUT2D eigenvalue weighted by Gasteiger charge is 2.32. The number of hydrogen-bond acceptors (Lipinski definition) is 2. The van der Waals surface area contributed by atoms with E-state index in [1.165, 1.54) is 6.42 Å². The standard InChI is InChI=1S/C13H26N2O/c1-5-10-7-6-8-15(9-10)12(16)11(14)13(2,3)4/h10-11H,5-9,14H2,1-4H3. The number of likely N-dealkylation sites (tertiary alicyclic amines) is 1. The van der Waals surface area contributed by atoms with Crippen molar-refractivity contribution in [2.24, 2.45) is 17.1 Å². The molecule has 0 saturated carbocycles. The van der Waals surface area contributed by atoms with E-state index in [2.05, 4.69) is 6.92 Å². The van der Waals surface area contributed by atoms with Gasteiger partial charge in [-0.25, -0.2) is 0 Å². The van der Waals surface area contributed by atoms with Gasteiger partial charge in [-0.2, -0.15) is 0 Å². The molecule has 16 heavy (non-hydrogen) atoms. The van der Waals surface area contributed by atoms with Gasteiger partial charge in [-0.3, -0.25) is 4.79 Å². The third-order valence-electron chi connectivity index (χ3n) is 3.61. The zero-order valence-electron chi connectivity index (χ0n) is 11.1. The average molecular weight is 226 g/mol. The van der Waals surface area contributed by atoms with Crippen LogP contribution < -0.4 is 5.73 Å². The van der Waals surface area contributed by atoms with Gasteiger partial charge in [-0.05, 0) is 24.2 Å². The predicted octanol–water partition coefficient (Wildman–Crippen LogP) is 2.01. The summed E-state index contributed by atoms with van der Waals surface area (Å²) in [6, 6.07) is -0.372. The molecule has 1 amide bonds. The maximum atomic E-state index is 12.2. The molecule has 0 radical (unpaired) electrons. The Labute approximate surface area is 99.4 Å². The number of amides is 1. The molecular weight excluding hydrogens is 200 g/mol. The predicted molar refractivity (Wildman–Crippen MR) is 67.0 cm³/mol. The van der Waals surface area contributed by atoms with Crippen LogP contribution >= 0.6 is 0 Å². The maximum Gasteiger partial charge on any atom is 0.240 e. The Morgan fingerprint density at radius 1 is 1.50 bits per heavy atom. The summed E-state index contributed by atoms with van der Waals surface area (Å²) in [7, 11) is 0. The van der Waals surface area contributed by atoms with Crippen LogP contribution in [-0.4, -0.2) is 29.9 Å². The minimum Gasteiger partial charge on any atom is -0.341 e. The molecule has 1 rings (SSSR count). The van der Waals surface area contributed by atoms with E-state index in [1.54, 1.807) is 0 Å². The van der Waals surface area contributed by atoms with Gasteiger partial charge in [-0.15, -0.1) is 0 Å². The average Bonchev–Trinajstić information content (AvgIpc) is 2.26. The van der Waals surface area contributed by atoms with Gasteiger partial charge in [0.05, 0.1) is 6.04 Å². The first-order valence-electron chi connectivity index (χ1n) is 6.40. The maximum absolute atomic E-state index is 12.2. The fraction of sp³-hybridized carbons (Fsp3) is 0.923. The molecule has 0 aromatic carbocycles. The van der Waals surface area contributed by atoms with Gasteiger partial charge in [-0.1, -0.05) is 34.1 Å². The third kappa shape index (κ3) is 3.21. The van der Waals surface area contributed by atoms with Crippen LogP contribution in [0.5, 0.6) is 0 Å². The van der Waals surface area contributed by atoms with Gasteiger partial charge < -0.3 is 10.6 Å². The highest BCUT2D eigenvalue weighted by Crippen LogP contribution is 2.23. The third-order valence-corrected chi connectivity index (χ3v) is 3.61. The van der Waals surface area contributed by atoms with Crippen LogP contribution in [0.1, 0.15) is 47.0 Å². The summed E-state index contributed by atoms with van der Waals surface area (Å²) in [6.45, 7) is 10.1.